The van der Waals surface area contributed by atoms with Crippen molar-refractivity contribution in [3.63, 3.8) is 0 Å². The van der Waals surface area contributed by atoms with Crippen molar-refractivity contribution >= 4 is 35.2 Å². The van der Waals surface area contributed by atoms with E-state index in [9.17, 15) is 9.18 Å². The van der Waals surface area contributed by atoms with Crippen molar-refractivity contribution in [1.82, 2.24) is 10.3 Å². The molecule has 1 saturated heterocycles. The maximum absolute atomic E-state index is 12.8. The van der Waals surface area contributed by atoms with E-state index in [0.29, 0.717) is 18.9 Å². The molecule has 7 heteroatoms. The van der Waals surface area contributed by atoms with E-state index in [1.807, 2.05) is 11.8 Å². The van der Waals surface area contributed by atoms with Crippen LogP contribution in [0, 0.1) is 5.95 Å². The molecule has 1 aliphatic heterocycles. The number of thioether (sulfide) groups is 2. The van der Waals surface area contributed by atoms with Crippen LogP contribution in [0.4, 0.5) is 10.2 Å². The Kier molecular flexibility index (Phi) is 5.78. The first kappa shape index (κ1) is 14.5. The lowest BCUT2D eigenvalue weighted by molar-refractivity contribution is -0.120. The van der Waals surface area contributed by atoms with Gasteiger partial charge in [0.2, 0.25) is 11.9 Å². The molecule has 0 saturated carbocycles. The van der Waals surface area contributed by atoms with Crippen LogP contribution >= 0.6 is 23.5 Å². The second-order valence-electron chi connectivity index (χ2n) is 4.00. The lowest BCUT2D eigenvalue weighted by atomic mass is 10.4. The zero-order chi connectivity index (χ0) is 13.5. The molecule has 1 fully saturated rings. The standard InChI is InChI=1S/C12H16FN3OS2/c13-10-2-1-3-11(16-10)14-4-5-15-12(17)9-8-18-6-7-19-9/h1-3,9H,4-8H2,(H,14,16)(H,15,17). The van der Waals surface area contributed by atoms with Crippen LogP contribution < -0.4 is 10.6 Å². The van der Waals surface area contributed by atoms with Crippen LogP contribution in [0.15, 0.2) is 18.2 Å². The molecule has 0 spiro atoms. The molecular formula is C12H16FN3OS2. The smallest absolute Gasteiger partial charge is 0.234 e. The Morgan fingerprint density at radius 2 is 2.32 bits per heavy atom. The highest BCUT2D eigenvalue weighted by Crippen LogP contribution is 2.23. The van der Waals surface area contributed by atoms with Crippen molar-refractivity contribution in [2.24, 2.45) is 0 Å². The number of pyridine rings is 1. The highest BCUT2D eigenvalue weighted by molar-refractivity contribution is 8.07. The molecular weight excluding hydrogens is 285 g/mol. The van der Waals surface area contributed by atoms with Gasteiger partial charge in [-0.2, -0.15) is 16.2 Å². The van der Waals surface area contributed by atoms with E-state index >= 15 is 0 Å². The number of aromatic nitrogens is 1. The molecule has 2 rings (SSSR count). The van der Waals surface area contributed by atoms with Gasteiger partial charge in [-0.1, -0.05) is 6.07 Å². The van der Waals surface area contributed by atoms with Gasteiger partial charge in [-0.25, -0.2) is 4.98 Å². The van der Waals surface area contributed by atoms with Gasteiger partial charge in [0.05, 0.1) is 5.25 Å². The van der Waals surface area contributed by atoms with Crippen LogP contribution in [0.2, 0.25) is 0 Å². The molecule has 1 atom stereocenters. The molecule has 1 aromatic heterocycles. The molecule has 0 bridgehead atoms. The summed E-state index contributed by atoms with van der Waals surface area (Å²) < 4.78 is 12.8. The molecule has 1 aliphatic rings. The lowest BCUT2D eigenvalue weighted by Gasteiger charge is -2.20. The molecule has 0 aliphatic carbocycles. The number of nitrogens with zero attached hydrogens (tertiary/aromatic N) is 1. The van der Waals surface area contributed by atoms with Crippen LogP contribution in [-0.2, 0) is 4.79 Å². The average Bonchev–Trinajstić information content (AvgIpc) is 2.44. The maximum Gasteiger partial charge on any atom is 0.234 e. The minimum absolute atomic E-state index is 0.0612. The summed E-state index contributed by atoms with van der Waals surface area (Å²) in [7, 11) is 0. The maximum atomic E-state index is 12.8. The van der Waals surface area contributed by atoms with E-state index in [4.69, 9.17) is 0 Å². The number of rotatable bonds is 5. The zero-order valence-corrected chi connectivity index (χ0v) is 12.0. The summed E-state index contributed by atoms with van der Waals surface area (Å²) >= 11 is 3.53. The first-order chi connectivity index (χ1) is 9.25. The second-order valence-corrected chi connectivity index (χ2v) is 6.46. The fourth-order valence-corrected chi connectivity index (χ4v) is 4.22. The van der Waals surface area contributed by atoms with Gasteiger partial charge in [-0.15, -0.1) is 11.8 Å². The van der Waals surface area contributed by atoms with Crippen molar-refractivity contribution in [1.29, 1.82) is 0 Å². The van der Waals surface area contributed by atoms with Crippen molar-refractivity contribution in [2.75, 3.05) is 35.7 Å². The number of halogens is 1. The highest BCUT2D eigenvalue weighted by Gasteiger charge is 2.21. The summed E-state index contributed by atoms with van der Waals surface area (Å²) in [6, 6.07) is 4.59. The van der Waals surface area contributed by atoms with Crippen LogP contribution in [0.25, 0.3) is 0 Å². The molecule has 19 heavy (non-hydrogen) atoms. The number of carbonyl (C=O) groups excluding carboxylic acids is 1. The van der Waals surface area contributed by atoms with E-state index < -0.39 is 5.95 Å². The average molecular weight is 301 g/mol. The Balaban J connectivity index is 1.65. The third-order valence-corrected chi connectivity index (χ3v) is 5.31. The molecule has 1 aromatic rings. The lowest BCUT2D eigenvalue weighted by Crippen LogP contribution is -2.38. The molecule has 0 radical (unpaired) electrons. The Morgan fingerprint density at radius 3 is 3.05 bits per heavy atom. The predicted octanol–water partition coefficient (Wildman–Crippen LogP) is 1.60. The number of carbonyl (C=O) groups is 1. The van der Waals surface area contributed by atoms with Gasteiger partial charge >= 0.3 is 0 Å². The molecule has 1 amide bonds. The van der Waals surface area contributed by atoms with Crippen LogP contribution in [0.3, 0.4) is 0 Å². The van der Waals surface area contributed by atoms with Crippen LogP contribution in [0.1, 0.15) is 0 Å². The van der Waals surface area contributed by atoms with Crippen molar-refractivity contribution in [2.45, 2.75) is 5.25 Å². The largest absolute Gasteiger partial charge is 0.368 e. The number of hydrogen-bond donors (Lipinski definition) is 2. The van der Waals surface area contributed by atoms with Gasteiger partial charge < -0.3 is 10.6 Å². The topological polar surface area (TPSA) is 54.0 Å². The Hall–Kier alpha value is -0.950. The van der Waals surface area contributed by atoms with Gasteiger partial charge in [0, 0.05) is 30.3 Å². The molecule has 2 heterocycles. The summed E-state index contributed by atoms with van der Waals surface area (Å²) in [5.41, 5.74) is 0. The number of nitrogens with one attached hydrogen (secondary N) is 2. The predicted molar refractivity (Wildman–Crippen MR) is 79.3 cm³/mol. The highest BCUT2D eigenvalue weighted by atomic mass is 32.2. The summed E-state index contributed by atoms with van der Waals surface area (Å²) in [4.78, 5) is 15.5. The fraction of sp³-hybridized carbons (Fsp3) is 0.500. The Morgan fingerprint density at radius 1 is 1.42 bits per heavy atom. The third-order valence-electron chi connectivity index (χ3n) is 2.55. The monoisotopic (exact) mass is 301 g/mol. The number of amides is 1. The van der Waals surface area contributed by atoms with E-state index in [-0.39, 0.29) is 11.2 Å². The first-order valence-electron chi connectivity index (χ1n) is 6.09. The normalized spacial score (nSPS) is 18.9. The SMILES string of the molecule is O=C(NCCNc1cccc(F)n1)C1CSCCS1. The minimum Gasteiger partial charge on any atom is -0.368 e. The van der Waals surface area contributed by atoms with E-state index in [0.717, 1.165) is 17.3 Å². The number of anilines is 1. The number of hydrogen-bond acceptors (Lipinski definition) is 5. The van der Waals surface area contributed by atoms with Gasteiger partial charge in [-0.05, 0) is 12.1 Å². The van der Waals surface area contributed by atoms with E-state index in [2.05, 4.69) is 15.6 Å². The van der Waals surface area contributed by atoms with Crippen molar-refractivity contribution in [3.05, 3.63) is 24.1 Å². The van der Waals surface area contributed by atoms with Gasteiger partial charge in [0.15, 0.2) is 0 Å². The van der Waals surface area contributed by atoms with E-state index in [1.54, 1.807) is 23.9 Å². The van der Waals surface area contributed by atoms with Gasteiger partial charge in [-0.3, -0.25) is 4.79 Å². The van der Waals surface area contributed by atoms with Gasteiger partial charge in [0.1, 0.15) is 5.82 Å². The Labute approximate surface area is 120 Å². The summed E-state index contributed by atoms with van der Waals surface area (Å²) in [6.07, 6.45) is 0. The molecule has 1 unspecified atom stereocenters. The van der Waals surface area contributed by atoms with Crippen molar-refractivity contribution < 1.29 is 9.18 Å². The quantitative estimate of drug-likeness (QED) is 0.639. The van der Waals surface area contributed by atoms with Crippen LogP contribution in [-0.4, -0.2) is 46.5 Å². The summed E-state index contributed by atoms with van der Waals surface area (Å²) in [5, 5.41) is 5.91. The van der Waals surface area contributed by atoms with Crippen LogP contribution in [0.5, 0.6) is 0 Å². The summed E-state index contributed by atoms with van der Waals surface area (Å²) in [5.74, 6) is 3.11. The van der Waals surface area contributed by atoms with Gasteiger partial charge in [0.25, 0.3) is 0 Å². The summed E-state index contributed by atoms with van der Waals surface area (Å²) in [6.45, 7) is 1.05. The second kappa shape index (κ2) is 7.59. The minimum atomic E-state index is -0.510. The zero-order valence-electron chi connectivity index (χ0n) is 10.4. The van der Waals surface area contributed by atoms with E-state index in [1.165, 1.54) is 6.07 Å². The molecule has 0 aromatic carbocycles. The molecule has 104 valence electrons. The third kappa shape index (κ3) is 4.91. The fourth-order valence-electron chi connectivity index (χ4n) is 1.64. The molecule has 2 N–H and O–H groups in total. The van der Waals surface area contributed by atoms with Crippen molar-refractivity contribution in [3.8, 4) is 0 Å². The Bertz CT molecular complexity index is 427. The molecule has 4 nitrogen and oxygen atoms in total. The first-order valence-corrected chi connectivity index (χ1v) is 8.29.